The third-order valence-corrected chi connectivity index (χ3v) is 1.95. The molecule has 0 aliphatic heterocycles. The quantitative estimate of drug-likeness (QED) is 0.834. The smallest absolute Gasteiger partial charge is 0.280 e. The Morgan fingerprint density at radius 1 is 1.47 bits per heavy atom. The molecule has 1 heterocycles. The molecule has 0 saturated carbocycles. The molecule has 15 heavy (non-hydrogen) atoms. The molecule has 1 aromatic heterocycles. The van der Waals surface area contributed by atoms with Crippen LogP contribution in [0.1, 0.15) is 23.2 Å². The second-order valence-electron chi connectivity index (χ2n) is 2.79. The normalized spacial score (nSPS) is 10.4. The lowest BCUT2D eigenvalue weighted by Crippen LogP contribution is -2.10. The average molecular weight is 215 g/mol. The fourth-order valence-electron chi connectivity index (χ4n) is 1.27. The minimum atomic E-state index is -2.83. The van der Waals surface area contributed by atoms with Crippen molar-refractivity contribution in [3.05, 3.63) is 28.8 Å². The van der Waals surface area contributed by atoms with Crippen LogP contribution >= 0.6 is 0 Å². The molecule has 2 N–H and O–H groups in total. The first-order valence-electron chi connectivity index (χ1n) is 4.13. The Morgan fingerprint density at radius 3 is 2.60 bits per heavy atom. The summed E-state index contributed by atoms with van der Waals surface area (Å²) in [6, 6.07) is 1.69. The van der Waals surface area contributed by atoms with Crippen molar-refractivity contribution in [1.29, 1.82) is 5.26 Å². The Kier molecular flexibility index (Phi) is 3.63. The third kappa shape index (κ3) is 2.25. The number of rotatable bonds is 3. The van der Waals surface area contributed by atoms with Crippen LogP contribution in [0.15, 0.2) is 6.20 Å². The van der Waals surface area contributed by atoms with Gasteiger partial charge < -0.3 is 5.73 Å². The first-order valence-corrected chi connectivity index (χ1v) is 4.13. The predicted octanol–water partition coefficient (Wildman–Crippen LogP) is 1.68. The number of hydrogen-bond donors (Lipinski definition) is 1. The molecule has 1 rings (SSSR count). The zero-order chi connectivity index (χ0) is 11.4. The second-order valence-corrected chi connectivity index (χ2v) is 2.79. The van der Waals surface area contributed by atoms with E-state index in [1.807, 2.05) is 0 Å². The van der Waals surface area contributed by atoms with Gasteiger partial charge in [-0.15, -0.1) is 0 Å². The molecule has 0 aromatic carbocycles. The van der Waals surface area contributed by atoms with E-state index in [0.717, 1.165) is 0 Å². The molecule has 0 aliphatic carbocycles. The van der Waals surface area contributed by atoms with Crippen molar-refractivity contribution in [2.75, 3.05) is 0 Å². The number of aromatic nitrogens is 1. The van der Waals surface area contributed by atoms with Gasteiger partial charge in [-0.25, -0.2) is 13.2 Å². The van der Waals surface area contributed by atoms with E-state index in [-0.39, 0.29) is 24.1 Å². The molecule has 6 heteroatoms. The summed E-state index contributed by atoms with van der Waals surface area (Å²) in [5.74, 6) is -0.757. The number of hydrogen-bond acceptors (Lipinski definition) is 3. The first kappa shape index (κ1) is 11.5. The van der Waals surface area contributed by atoms with Crippen molar-refractivity contribution < 1.29 is 13.2 Å². The molecule has 1 aromatic rings. The molecule has 0 amide bonds. The van der Waals surface area contributed by atoms with Gasteiger partial charge in [0, 0.05) is 17.7 Å². The summed E-state index contributed by atoms with van der Waals surface area (Å²) in [4.78, 5) is 3.27. The minimum absolute atomic E-state index is 0.0677. The highest BCUT2D eigenvalue weighted by Crippen LogP contribution is 2.25. The summed E-state index contributed by atoms with van der Waals surface area (Å²) in [6.45, 7) is -0.231. The topological polar surface area (TPSA) is 62.7 Å². The number of halogens is 3. The number of nitrogens with zero attached hydrogens (tertiary/aromatic N) is 2. The molecular formula is C9H8F3N3. The van der Waals surface area contributed by atoms with Crippen molar-refractivity contribution in [3.8, 4) is 6.07 Å². The van der Waals surface area contributed by atoms with E-state index >= 15 is 0 Å². The average Bonchev–Trinajstić information content (AvgIpc) is 2.18. The molecule has 0 bridgehead atoms. The molecule has 0 fully saturated rings. The maximum atomic E-state index is 13.1. The Morgan fingerprint density at radius 2 is 2.13 bits per heavy atom. The van der Waals surface area contributed by atoms with Crippen LogP contribution in [0.4, 0.5) is 13.2 Å². The highest BCUT2D eigenvalue weighted by molar-refractivity contribution is 5.34. The monoisotopic (exact) mass is 215 g/mol. The summed E-state index contributed by atoms with van der Waals surface area (Å²) >= 11 is 0. The summed E-state index contributed by atoms with van der Waals surface area (Å²) < 4.78 is 38.0. The molecule has 0 radical (unpaired) electrons. The van der Waals surface area contributed by atoms with E-state index in [1.54, 1.807) is 6.07 Å². The van der Waals surface area contributed by atoms with Crippen LogP contribution in [0.25, 0.3) is 0 Å². The largest absolute Gasteiger partial charge is 0.326 e. The van der Waals surface area contributed by atoms with Gasteiger partial charge >= 0.3 is 0 Å². The zero-order valence-corrected chi connectivity index (χ0v) is 7.67. The molecule has 0 saturated heterocycles. The van der Waals surface area contributed by atoms with E-state index in [1.165, 1.54) is 0 Å². The van der Waals surface area contributed by atoms with Crippen LogP contribution in [0.2, 0.25) is 0 Å². The van der Waals surface area contributed by atoms with Crippen molar-refractivity contribution in [2.24, 2.45) is 5.73 Å². The minimum Gasteiger partial charge on any atom is -0.326 e. The van der Waals surface area contributed by atoms with Crippen molar-refractivity contribution in [3.63, 3.8) is 0 Å². The van der Waals surface area contributed by atoms with Crippen molar-refractivity contribution >= 4 is 0 Å². The highest BCUT2D eigenvalue weighted by atomic mass is 19.3. The maximum Gasteiger partial charge on any atom is 0.280 e. The van der Waals surface area contributed by atoms with Gasteiger partial charge in [0.25, 0.3) is 6.43 Å². The Bertz CT molecular complexity index is 398. The summed E-state index contributed by atoms with van der Waals surface area (Å²) in [7, 11) is 0. The molecule has 0 atom stereocenters. The number of nitrogens with two attached hydrogens (primary N) is 1. The highest BCUT2D eigenvalue weighted by Gasteiger charge is 2.19. The van der Waals surface area contributed by atoms with Crippen LogP contribution in [0.5, 0.6) is 0 Å². The molecule has 80 valence electrons. The molecule has 0 unspecified atom stereocenters. The number of alkyl halides is 2. The van der Waals surface area contributed by atoms with Crippen LogP contribution in [-0.2, 0) is 13.0 Å². The SMILES string of the molecule is N#CCc1c(C(F)F)ncc(F)c1CN. The van der Waals surface area contributed by atoms with Gasteiger partial charge in [0.2, 0.25) is 0 Å². The third-order valence-electron chi connectivity index (χ3n) is 1.95. The number of nitriles is 1. The van der Waals surface area contributed by atoms with Crippen LogP contribution in [0.3, 0.4) is 0 Å². The van der Waals surface area contributed by atoms with Crippen molar-refractivity contribution in [2.45, 2.75) is 19.4 Å². The molecular weight excluding hydrogens is 207 g/mol. The van der Waals surface area contributed by atoms with Gasteiger partial charge in [0.1, 0.15) is 11.5 Å². The van der Waals surface area contributed by atoms with Gasteiger partial charge in [-0.3, -0.25) is 4.98 Å². The standard InChI is InChI=1S/C9H8F3N3/c10-7-4-15-8(9(11)12)5(1-2-13)6(7)3-14/h4,9H,1,3,14H2. The van der Waals surface area contributed by atoms with E-state index < -0.39 is 17.9 Å². The fourth-order valence-corrected chi connectivity index (χ4v) is 1.27. The fraction of sp³-hybridized carbons (Fsp3) is 0.333. The Balaban J connectivity index is 3.36. The number of pyridine rings is 1. The summed E-state index contributed by atoms with van der Waals surface area (Å²) in [5, 5.41) is 8.45. The van der Waals surface area contributed by atoms with E-state index in [0.29, 0.717) is 6.20 Å². The van der Waals surface area contributed by atoms with E-state index in [4.69, 9.17) is 11.0 Å². The Hall–Kier alpha value is -1.61. The van der Waals surface area contributed by atoms with Gasteiger partial charge in [-0.05, 0) is 0 Å². The van der Waals surface area contributed by atoms with E-state index in [9.17, 15) is 13.2 Å². The lowest BCUT2D eigenvalue weighted by Gasteiger charge is -2.10. The van der Waals surface area contributed by atoms with Crippen LogP contribution in [0, 0.1) is 17.1 Å². The van der Waals surface area contributed by atoms with Gasteiger partial charge in [0.15, 0.2) is 0 Å². The lowest BCUT2D eigenvalue weighted by atomic mass is 10.0. The maximum absolute atomic E-state index is 13.1. The van der Waals surface area contributed by atoms with Crippen LogP contribution < -0.4 is 5.73 Å². The second kappa shape index (κ2) is 4.75. The van der Waals surface area contributed by atoms with Gasteiger partial charge in [0.05, 0.1) is 18.7 Å². The van der Waals surface area contributed by atoms with E-state index in [2.05, 4.69) is 4.98 Å². The lowest BCUT2D eigenvalue weighted by molar-refractivity contribution is 0.144. The van der Waals surface area contributed by atoms with Crippen LogP contribution in [-0.4, -0.2) is 4.98 Å². The summed E-state index contributed by atoms with van der Waals surface area (Å²) in [5.41, 5.74) is 4.49. The zero-order valence-electron chi connectivity index (χ0n) is 7.67. The predicted molar refractivity (Wildman–Crippen MR) is 46.4 cm³/mol. The van der Waals surface area contributed by atoms with Crippen molar-refractivity contribution in [1.82, 2.24) is 4.98 Å². The Labute approximate surface area is 84.3 Å². The molecule has 0 aliphatic rings. The first-order chi connectivity index (χ1) is 7.11. The van der Waals surface area contributed by atoms with Gasteiger partial charge in [-0.2, -0.15) is 5.26 Å². The molecule has 3 nitrogen and oxygen atoms in total. The summed E-state index contributed by atoms with van der Waals surface area (Å²) in [6.07, 6.45) is -2.46. The molecule has 0 spiro atoms. The van der Waals surface area contributed by atoms with Gasteiger partial charge in [-0.1, -0.05) is 0 Å².